The Labute approximate surface area is 144 Å². The first kappa shape index (κ1) is 18.8. The van der Waals surface area contributed by atoms with E-state index in [0.717, 1.165) is 22.3 Å². The van der Waals surface area contributed by atoms with Gasteiger partial charge >= 0.3 is 17.1 Å². The van der Waals surface area contributed by atoms with Gasteiger partial charge in [0.25, 0.3) is 0 Å². The Morgan fingerprint density at radius 3 is 1.95 bits per heavy atom. The molecule has 2 aliphatic carbocycles. The second kappa shape index (κ2) is 10.5. The fourth-order valence-electron chi connectivity index (χ4n) is 1.66. The van der Waals surface area contributed by atoms with Gasteiger partial charge in [0.1, 0.15) is 6.29 Å². The fraction of sp³-hybridized carbons (Fsp3) is 0.0556. The van der Waals surface area contributed by atoms with Crippen molar-refractivity contribution in [2.24, 2.45) is 0 Å². The molecule has 0 spiro atoms. The van der Waals surface area contributed by atoms with E-state index in [1.54, 1.807) is 11.8 Å². The second-order valence-electron chi connectivity index (χ2n) is 4.34. The third kappa shape index (κ3) is 6.59. The SMILES string of the molecule is Cc1ccc(S[C]2[CH][CH][CH][C]2C=O)cc1.[CH]1[CH][CH][CH][CH]1.[Fe+2]. The Morgan fingerprint density at radius 2 is 1.43 bits per heavy atom. The van der Waals surface area contributed by atoms with Crippen LogP contribution in [0.15, 0.2) is 29.2 Å². The van der Waals surface area contributed by atoms with E-state index in [-0.39, 0.29) is 17.1 Å². The van der Waals surface area contributed by atoms with Crippen molar-refractivity contribution in [2.75, 3.05) is 0 Å². The molecule has 21 heavy (non-hydrogen) atoms. The van der Waals surface area contributed by atoms with Crippen LogP contribution in [-0.2, 0) is 21.9 Å². The van der Waals surface area contributed by atoms with Crippen molar-refractivity contribution in [2.45, 2.75) is 11.8 Å². The minimum atomic E-state index is 0. The first-order valence-electron chi connectivity index (χ1n) is 6.41. The first-order valence-corrected chi connectivity index (χ1v) is 7.23. The van der Waals surface area contributed by atoms with Gasteiger partial charge < -0.3 is 4.79 Å². The predicted octanol–water partition coefficient (Wildman–Crippen LogP) is 4.04. The topological polar surface area (TPSA) is 17.1 Å². The molecule has 0 saturated heterocycles. The Bertz CT molecular complexity index is 393. The molecule has 0 aliphatic heterocycles. The van der Waals surface area contributed by atoms with E-state index in [2.05, 4.69) is 31.2 Å². The molecule has 1 nitrogen and oxygen atoms in total. The number of rotatable bonds is 3. The molecule has 3 rings (SSSR count). The van der Waals surface area contributed by atoms with E-state index >= 15 is 0 Å². The minimum absolute atomic E-state index is 0. The zero-order chi connectivity index (χ0) is 14.2. The van der Waals surface area contributed by atoms with Crippen LogP contribution in [0.25, 0.3) is 0 Å². The summed E-state index contributed by atoms with van der Waals surface area (Å²) in [6.45, 7) is 2.06. The molecular formula is C18H16FeOS+2. The van der Waals surface area contributed by atoms with Gasteiger partial charge in [0.05, 0.1) is 11.2 Å². The van der Waals surface area contributed by atoms with Gasteiger partial charge in [-0.1, -0.05) is 17.7 Å². The number of thioether (sulfide) groups is 1. The smallest absolute Gasteiger partial charge is 0.303 e. The Hall–Kier alpha value is -0.241. The van der Waals surface area contributed by atoms with E-state index in [9.17, 15) is 4.79 Å². The quantitative estimate of drug-likeness (QED) is 0.612. The van der Waals surface area contributed by atoms with Crippen LogP contribution in [0.2, 0.25) is 0 Å². The van der Waals surface area contributed by atoms with E-state index in [0.29, 0.717) is 0 Å². The third-order valence-electron chi connectivity index (χ3n) is 2.74. The maximum absolute atomic E-state index is 10.7. The van der Waals surface area contributed by atoms with Gasteiger partial charge in [0, 0.05) is 4.90 Å². The Kier molecular flexibility index (Phi) is 9.39. The molecule has 0 aromatic heterocycles. The molecule has 0 heterocycles. The molecular weight excluding hydrogens is 320 g/mol. The summed E-state index contributed by atoms with van der Waals surface area (Å²) in [7, 11) is 0. The number of hydrogen-bond acceptors (Lipinski definition) is 2. The van der Waals surface area contributed by atoms with Crippen LogP contribution < -0.4 is 0 Å². The summed E-state index contributed by atoms with van der Waals surface area (Å²) in [5.74, 6) is 0.764. The van der Waals surface area contributed by atoms with Crippen molar-refractivity contribution in [3.8, 4) is 0 Å². The summed E-state index contributed by atoms with van der Waals surface area (Å²) >= 11 is 1.62. The van der Waals surface area contributed by atoms with Crippen molar-refractivity contribution in [3.63, 3.8) is 0 Å². The predicted molar refractivity (Wildman–Crippen MR) is 84.0 cm³/mol. The zero-order valence-electron chi connectivity index (χ0n) is 11.7. The average Bonchev–Trinajstić information content (AvgIpc) is 3.15. The molecule has 0 bridgehead atoms. The van der Waals surface area contributed by atoms with E-state index in [1.807, 2.05) is 51.4 Å². The maximum Gasteiger partial charge on any atom is 2.00 e. The van der Waals surface area contributed by atoms with Crippen LogP contribution >= 0.6 is 11.8 Å². The number of aryl methyl sites for hydroxylation is 1. The van der Waals surface area contributed by atoms with E-state index < -0.39 is 0 Å². The van der Waals surface area contributed by atoms with Crippen LogP contribution in [0.3, 0.4) is 0 Å². The van der Waals surface area contributed by atoms with Crippen molar-refractivity contribution in [1.82, 2.24) is 0 Å². The number of hydrogen-bond donors (Lipinski definition) is 0. The van der Waals surface area contributed by atoms with E-state index in [4.69, 9.17) is 0 Å². The molecule has 2 saturated carbocycles. The number of carbonyl (C=O) groups excluding carboxylic acids is 1. The van der Waals surface area contributed by atoms with Gasteiger partial charge in [-0.15, -0.1) is 11.8 Å². The van der Waals surface area contributed by atoms with Crippen LogP contribution in [0.1, 0.15) is 5.56 Å². The van der Waals surface area contributed by atoms with Gasteiger partial charge in [0.2, 0.25) is 0 Å². The van der Waals surface area contributed by atoms with Gasteiger partial charge in [-0.05, 0) is 70.4 Å². The summed E-state index contributed by atoms with van der Waals surface area (Å²) in [6.07, 6.45) is 16.6. The molecule has 106 valence electrons. The summed E-state index contributed by atoms with van der Waals surface area (Å²) in [5, 5.41) is 1.02. The first-order chi connectivity index (χ1) is 9.79. The monoisotopic (exact) mass is 336 g/mol. The number of aldehydes is 1. The molecule has 2 fully saturated rings. The van der Waals surface area contributed by atoms with Crippen molar-refractivity contribution in [1.29, 1.82) is 0 Å². The van der Waals surface area contributed by atoms with Crippen LogP contribution in [0.4, 0.5) is 0 Å². The van der Waals surface area contributed by atoms with Crippen LogP contribution in [0.5, 0.6) is 0 Å². The van der Waals surface area contributed by atoms with Gasteiger partial charge in [-0.2, -0.15) is 0 Å². The van der Waals surface area contributed by atoms with Crippen molar-refractivity contribution >= 4 is 18.0 Å². The average molecular weight is 336 g/mol. The number of carbonyl (C=O) groups is 1. The molecule has 10 radical (unpaired) electrons. The standard InChI is InChI=1S/C13H11OS.C5H5.Fe/c1-10-5-7-12(8-6-10)15-13-4-2-3-11(13)9-14;1-2-4-5-3-1;/h2-9H,1H3;1-5H;/q;;+2. The summed E-state index contributed by atoms with van der Waals surface area (Å²) in [4.78, 5) is 11.9. The molecule has 0 atom stereocenters. The summed E-state index contributed by atoms with van der Waals surface area (Å²) in [6, 6.07) is 8.29. The van der Waals surface area contributed by atoms with Crippen molar-refractivity contribution in [3.05, 3.63) is 92.4 Å². The maximum atomic E-state index is 10.7. The van der Waals surface area contributed by atoms with Crippen LogP contribution in [0, 0.1) is 69.5 Å². The van der Waals surface area contributed by atoms with Gasteiger partial charge in [-0.3, -0.25) is 0 Å². The minimum Gasteiger partial charge on any atom is -0.303 e. The molecule has 2 aliphatic rings. The summed E-state index contributed by atoms with van der Waals surface area (Å²) < 4.78 is 0. The fourth-order valence-corrected chi connectivity index (χ4v) is 2.57. The largest absolute Gasteiger partial charge is 2.00 e. The molecule has 1 aromatic carbocycles. The third-order valence-corrected chi connectivity index (χ3v) is 3.84. The van der Waals surface area contributed by atoms with Gasteiger partial charge in [0.15, 0.2) is 0 Å². The van der Waals surface area contributed by atoms with Crippen molar-refractivity contribution < 1.29 is 21.9 Å². The van der Waals surface area contributed by atoms with E-state index in [1.165, 1.54) is 5.56 Å². The Balaban J connectivity index is 0.000000313. The van der Waals surface area contributed by atoms with Crippen LogP contribution in [-0.4, -0.2) is 6.29 Å². The second-order valence-corrected chi connectivity index (χ2v) is 5.46. The molecule has 0 amide bonds. The summed E-state index contributed by atoms with van der Waals surface area (Å²) in [5.41, 5.74) is 1.25. The number of benzene rings is 1. The van der Waals surface area contributed by atoms with Gasteiger partial charge in [-0.25, -0.2) is 0 Å². The normalized spacial score (nSPS) is 18.7. The zero-order valence-corrected chi connectivity index (χ0v) is 13.6. The molecule has 0 unspecified atom stereocenters. The molecule has 1 aromatic rings. The Morgan fingerprint density at radius 1 is 0.857 bits per heavy atom. The molecule has 0 N–H and O–H groups in total. The molecule has 3 heteroatoms.